The second-order valence-electron chi connectivity index (χ2n) is 7.50. The first kappa shape index (κ1) is 18.5. The van der Waals surface area contributed by atoms with E-state index in [-0.39, 0.29) is 6.04 Å². The van der Waals surface area contributed by atoms with Gasteiger partial charge in [0.2, 0.25) is 0 Å². The number of carbonyl (C=O) groups excluding carboxylic acids is 1. The quantitative estimate of drug-likeness (QED) is 0.716. The van der Waals surface area contributed by atoms with Gasteiger partial charge in [-0.3, -0.25) is 0 Å². The molecule has 0 radical (unpaired) electrons. The fourth-order valence-corrected chi connectivity index (χ4v) is 3.87. The summed E-state index contributed by atoms with van der Waals surface area (Å²) < 4.78 is 1.20. The van der Waals surface area contributed by atoms with Gasteiger partial charge in [-0.25, -0.2) is 14.2 Å². The van der Waals surface area contributed by atoms with Crippen LogP contribution in [0.5, 0.6) is 0 Å². The number of H-pyrrole nitrogens is 1. The minimum absolute atomic E-state index is 0.191. The number of benzene rings is 2. The standard InChI is InChI=1S/C22H26N4O2/c1-16(18-7-3-2-4-8-18)23-21(27)26-20-15-17(9-10-19(20)24-22(26)28)11-14-25-12-5-6-13-25/h2-4,7-10,15-16H,5-6,11-14H2,1H3,(H,23,27)(H,24,28). The Balaban J connectivity index is 1.55. The van der Waals surface area contributed by atoms with Gasteiger partial charge in [-0.05, 0) is 62.5 Å². The smallest absolute Gasteiger partial charge is 0.331 e. The highest BCUT2D eigenvalue weighted by Crippen LogP contribution is 2.16. The Bertz CT molecular complexity index is 1020. The van der Waals surface area contributed by atoms with Crippen LogP contribution in [0.15, 0.2) is 53.3 Å². The molecule has 2 aromatic carbocycles. The summed E-state index contributed by atoms with van der Waals surface area (Å²) in [6.07, 6.45) is 3.46. The fourth-order valence-electron chi connectivity index (χ4n) is 3.87. The van der Waals surface area contributed by atoms with E-state index in [4.69, 9.17) is 0 Å². The number of imidazole rings is 1. The van der Waals surface area contributed by atoms with Crippen LogP contribution in [-0.2, 0) is 6.42 Å². The number of hydrogen-bond acceptors (Lipinski definition) is 3. The summed E-state index contributed by atoms with van der Waals surface area (Å²) in [6.45, 7) is 5.25. The van der Waals surface area contributed by atoms with E-state index in [2.05, 4.69) is 15.2 Å². The second-order valence-corrected chi connectivity index (χ2v) is 7.50. The molecule has 0 saturated carbocycles. The maximum atomic E-state index is 12.8. The Morgan fingerprint density at radius 1 is 1.14 bits per heavy atom. The van der Waals surface area contributed by atoms with E-state index >= 15 is 0 Å². The molecule has 1 aliphatic rings. The van der Waals surface area contributed by atoms with Crippen molar-refractivity contribution in [2.24, 2.45) is 0 Å². The van der Waals surface area contributed by atoms with Crippen molar-refractivity contribution >= 4 is 17.1 Å². The van der Waals surface area contributed by atoms with Crippen molar-refractivity contribution in [1.29, 1.82) is 0 Å². The average molecular weight is 378 g/mol. The predicted octanol–water partition coefficient (Wildman–Crippen LogP) is 3.29. The third kappa shape index (κ3) is 3.87. The molecule has 1 saturated heterocycles. The summed E-state index contributed by atoms with van der Waals surface area (Å²) in [6, 6.07) is 15.0. The van der Waals surface area contributed by atoms with Crippen molar-refractivity contribution in [3.63, 3.8) is 0 Å². The topological polar surface area (TPSA) is 70.1 Å². The average Bonchev–Trinajstić information content (AvgIpc) is 3.33. The highest BCUT2D eigenvalue weighted by atomic mass is 16.2. The number of rotatable bonds is 5. The molecule has 1 amide bonds. The van der Waals surface area contributed by atoms with Crippen molar-refractivity contribution in [3.05, 3.63) is 70.1 Å². The minimum atomic E-state index is -0.413. The van der Waals surface area contributed by atoms with Crippen LogP contribution in [0.2, 0.25) is 0 Å². The maximum Gasteiger partial charge on any atom is 0.334 e. The number of likely N-dealkylation sites (tertiary alicyclic amines) is 1. The Hall–Kier alpha value is -2.86. The van der Waals surface area contributed by atoms with Crippen LogP contribution >= 0.6 is 0 Å². The molecule has 6 nitrogen and oxygen atoms in total. The van der Waals surface area contributed by atoms with Gasteiger partial charge in [-0.1, -0.05) is 36.4 Å². The molecule has 1 aromatic heterocycles. The number of carbonyl (C=O) groups is 1. The zero-order valence-electron chi connectivity index (χ0n) is 16.1. The van der Waals surface area contributed by atoms with Gasteiger partial charge in [0.15, 0.2) is 0 Å². The van der Waals surface area contributed by atoms with Crippen molar-refractivity contribution in [2.45, 2.75) is 32.2 Å². The van der Waals surface area contributed by atoms with E-state index in [9.17, 15) is 9.59 Å². The van der Waals surface area contributed by atoms with Gasteiger partial charge < -0.3 is 15.2 Å². The Labute approximate surface area is 164 Å². The van der Waals surface area contributed by atoms with Crippen LogP contribution in [-0.4, -0.2) is 40.1 Å². The normalized spacial score (nSPS) is 15.8. The lowest BCUT2D eigenvalue weighted by Crippen LogP contribution is -2.36. The molecule has 1 aliphatic heterocycles. The molecular weight excluding hydrogens is 352 g/mol. The lowest BCUT2D eigenvalue weighted by Gasteiger charge is -2.15. The number of nitrogens with zero attached hydrogens (tertiary/aromatic N) is 2. The monoisotopic (exact) mass is 378 g/mol. The molecule has 1 atom stereocenters. The first-order valence-electron chi connectivity index (χ1n) is 9.93. The van der Waals surface area contributed by atoms with Crippen molar-refractivity contribution in [3.8, 4) is 0 Å². The predicted molar refractivity (Wildman–Crippen MR) is 111 cm³/mol. The molecule has 1 unspecified atom stereocenters. The summed E-state index contributed by atoms with van der Waals surface area (Å²) in [5, 5.41) is 2.92. The van der Waals surface area contributed by atoms with Crippen molar-refractivity contribution in [2.75, 3.05) is 19.6 Å². The zero-order valence-corrected chi connectivity index (χ0v) is 16.1. The highest BCUT2D eigenvalue weighted by molar-refractivity contribution is 5.89. The van der Waals surface area contributed by atoms with E-state index in [0.29, 0.717) is 11.0 Å². The van der Waals surface area contributed by atoms with Crippen LogP contribution in [0.3, 0.4) is 0 Å². The SMILES string of the molecule is CC(NC(=O)n1c(=O)[nH]c2ccc(CCN3CCCC3)cc21)c1ccccc1. The van der Waals surface area contributed by atoms with Gasteiger partial charge in [0.25, 0.3) is 0 Å². The largest absolute Gasteiger partial charge is 0.334 e. The number of aromatic amines is 1. The van der Waals surface area contributed by atoms with E-state index in [1.54, 1.807) is 0 Å². The first-order valence-corrected chi connectivity index (χ1v) is 9.93. The number of hydrogen-bond donors (Lipinski definition) is 2. The van der Waals surface area contributed by atoms with Crippen LogP contribution < -0.4 is 11.0 Å². The number of nitrogens with one attached hydrogen (secondary N) is 2. The second kappa shape index (κ2) is 8.02. The van der Waals surface area contributed by atoms with Crippen molar-refractivity contribution < 1.29 is 4.79 Å². The summed E-state index contributed by atoms with van der Waals surface area (Å²) in [5.74, 6) is 0. The van der Waals surface area contributed by atoms with Crippen LogP contribution in [0.25, 0.3) is 11.0 Å². The Morgan fingerprint density at radius 3 is 2.64 bits per heavy atom. The molecule has 0 bridgehead atoms. The maximum absolute atomic E-state index is 12.8. The molecule has 0 aliphatic carbocycles. The van der Waals surface area contributed by atoms with Gasteiger partial charge in [0, 0.05) is 6.54 Å². The van der Waals surface area contributed by atoms with Gasteiger partial charge in [0.05, 0.1) is 17.1 Å². The lowest BCUT2D eigenvalue weighted by atomic mass is 10.1. The summed E-state index contributed by atoms with van der Waals surface area (Å²) in [5.41, 5.74) is 3.02. The minimum Gasteiger partial charge on any atom is -0.331 e. The molecular formula is C22H26N4O2. The first-order chi connectivity index (χ1) is 13.6. The molecule has 4 rings (SSSR count). The number of fused-ring (bicyclic) bond motifs is 1. The third-order valence-corrected chi connectivity index (χ3v) is 5.51. The fraction of sp³-hybridized carbons (Fsp3) is 0.364. The zero-order chi connectivity index (χ0) is 19.5. The number of amides is 1. The van der Waals surface area contributed by atoms with Crippen LogP contribution in [0.4, 0.5) is 4.79 Å². The van der Waals surface area contributed by atoms with Gasteiger partial charge >= 0.3 is 11.7 Å². The highest BCUT2D eigenvalue weighted by Gasteiger charge is 2.17. The van der Waals surface area contributed by atoms with E-state index in [0.717, 1.165) is 37.2 Å². The van der Waals surface area contributed by atoms with Crippen molar-refractivity contribution in [1.82, 2.24) is 19.8 Å². The number of aromatic nitrogens is 2. The molecule has 2 N–H and O–H groups in total. The van der Waals surface area contributed by atoms with E-state index in [1.165, 1.54) is 17.4 Å². The van der Waals surface area contributed by atoms with E-state index < -0.39 is 11.7 Å². The summed E-state index contributed by atoms with van der Waals surface area (Å²) in [4.78, 5) is 30.5. The van der Waals surface area contributed by atoms with E-state index in [1.807, 2.05) is 55.5 Å². The molecule has 146 valence electrons. The van der Waals surface area contributed by atoms with Gasteiger partial charge in [0.1, 0.15) is 0 Å². The molecule has 28 heavy (non-hydrogen) atoms. The molecule has 1 fully saturated rings. The summed E-state index contributed by atoms with van der Waals surface area (Å²) in [7, 11) is 0. The lowest BCUT2D eigenvalue weighted by molar-refractivity contribution is 0.239. The van der Waals surface area contributed by atoms with Gasteiger partial charge in [-0.2, -0.15) is 0 Å². The summed E-state index contributed by atoms with van der Waals surface area (Å²) >= 11 is 0. The van der Waals surface area contributed by atoms with Gasteiger partial charge in [-0.15, -0.1) is 0 Å². The molecule has 2 heterocycles. The molecule has 6 heteroatoms. The third-order valence-electron chi connectivity index (χ3n) is 5.51. The molecule has 3 aromatic rings. The van der Waals surface area contributed by atoms with Crippen LogP contribution in [0, 0.1) is 0 Å². The van der Waals surface area contributed by atoms with Crippen LogP contribution in [0.1, 0.15) is 36.9 Å². The Kier molecular flexibility index (Phi) is 5.30. The molecule has 0 spiro atoms. The Morgan fingerprint density at radius 2 is 1.89 bits per heavy atom.